The average molecular weight is 505 g/mol. The van der Waals surface area contributed by atoms with Crippen LogP contribution in [0.5, 0.6) is 17.2 Å². The standard InChI is InChI=1S/C29H32N2O6/c1-36-19-7-4-16(5-8-19)14-30-27(34)20-13-29(35)22-12-18-6-9-21(32)25-23(18)28(29,26(37-25)24(20)33)10-11-31(22)15-17-2-3-17/h4-9,17,20,22,26,32,35H,2-3,10-15H2,1H3,(H,30,34)/t20?,22-,26+,28+,29-/m1/s1. The number of carbonyl (C=O) groups excluding carboxylic acids is 2. The second-order valence-corrected chi connectivity index (χ2v) is 11.5. The smallest absolute Gasteiger partial charge is 0.231 e. The molecule has 1 amide bonds. The first-order chi connectivity index (χ1) is 17.9. The summed E-state index contributed by atoms with van der Waals surface area (Å²) in [6, 6.07) is 10.7. The van der Waals surface area contributed by atoms with Gasteiger partial charge in [-0.2, -0.15) is 0 Å². The number of phenols is 1. The predicted octanol–water partition coefficient (Wildman–Crippen LogP) is 2.08. The highest BCUT2D eigenvalue weighted by atomic mass is 16.5. The second-order valence-electron chi connectivity index (χ2n) is 11.5. The number of Topliss-reactive ketones (excluding diaryl/α,β-unsaturated/α-hetero) is 1. The predicted molar refractivity (Wildman–Crippen MR) is 134 cm³/mol. The number of ether oxygens (including phenoxy) is 2. The molecule has 2 aromatic rings. The van der Waals surface area contributed by atoms with Crippen LogP contribution in [0.3, 0.4) is 0 Å². The molecule has 2 aliphatic heterocycles. The molecule has 8 nitrogen and oxygen atoms in total. The van der Waals surface area contributed by atoms with Crippen molar-refractivity contribution in [2.75, 3.05) is 20.2 Å². The summed E-state index contributed by atoms with van der Waals surface area (Å²) < 4.78 is 11.4. The zero-order valence-electron chi connectivity index (χ0n) is 20.9. The molecule has 37 heavy (non-hydrogen) atoms. The van der Waals surface area contributed by atoms with Gasteiger partial charge >= 0.3 is 0 Å². The van der Waals surface area contributed by atoms with E-state index in [2.05, 4.69) is 10.2 Å². The van der Waals surface area contributed by atoms with Gasteiger partial charge in [0.15, 0.2) is 23.4 Å². The van der Waals surface area contributed by atoms with Crippen LogP contribution in [0.15, 0.2) is 36.4 Å². The van der Waals surface area contributed by atoms with Gasteiger partial charge in [0.25, 0.3) is 0 Å². The summed E-state index contributed by atoms with van der Waals surface area (Å²) in [6.07, 6.45) is 2.66. The van der Waals surface area contributed by atoms with Crippen molar-refractivity contribution in [3.63, 3.8) is 0 Å². The van der Waals surface area contributed by atoms with Crippen molar-refractivity contribution >= 4 is 11.7 Å². The Labute approximate surface area is 215 Å². The van der Waals surface area contributed by atoms with Crippen LogP contribution in [-0.2, 0) is 28.0 Å². The summed E-state index contributed by atoms with van der Waals surface area (Å²) in [5, 5.41) is 26.2. The number of piperidine rings is 1. The summed E-state index contributed by atoms with van der Waals surface area (Å²) in [7, 11) is 1.60. The summed E-state index contributed by atoms with van der Waals surface area (Å²) in [4.78, 5) is 29.7. The summed E-state index contributed by atoms with van der Waals surface area (Å²) >= 11 is 0. The third-order valence-corrected chi connectivity index (χ3v) is 9.57. The molecule has 3 aliphatic carbocycles. The first-order valence-corrected chi connectivity index (χ1v) is 13.3. The van der Waals surface area contributed by atoms with Crippen molar-refractivity contribution in [1.82, 2.24) is 10.2 Å². The van der Waals surface area contributed by atoms with Crippen LogP contribution in [0.25, 0.3) is 0 Å². The fourth-order valence-corrected chi connectivity index (χ4v) is 7.58. The van der Waals surface area contributed by atoms with E-state index in [1.807, 2.05) is 30.3 Å². The van der Waals surface area contributed by atoms with Gasteiger partial charge in [-0.25, -0.2) is 0 Å². The van der Waals surface area contributed by atoms with Crippen LogP contribution in [-0.4, -0.2) is 64.7 Å². The minimum Gasteiger partial charge on any atom is -0.504 e. The minimum atomic E-state index is -1.31. The summed E-state index contributed by atoms with van der Waals surface area (Å²) in [5.41, 5.74) is 0.445. The Balaban J connectivity index is 1.23. The van der Waals surface area contributed by atoms with Crippen molar-refractivity contribution in [2.45, 2.75) is 61.8 Å². The quantitative estimate of drug-likeness (QED) is 0.517. The Morgan fingerprint density at radius 1 is 1.22 bits per heavy atom. The van der Waals surface area contributed by atoms with E-state index < -0.39 is 28.9 Å². The zero-order chi connectivity index (χ0) is 25.5. The number of likely N-dealkylation sites (tertiary alicyclic amines) is 1. The molecule has 3 fully saturated rings. The minimum absolute atomic E-state index is 0.0166. The maximum absolute atomic E-state index is 13.9. The van der Waals surface area contributed by atoms with Crippen molar-refractivity contribution in [1.29, 1.82) is 0 Å². The number of phenolic OH excluding ortho intramolecular Hbond substituents is 1. The molecule has 5 atom stereocenters. The highest BCUT2D eigenvalue weighted by molar-refractivity contribution is 6.06. The number of hydrogen-bond acceptors (Lipinski definition) is 7. The lowest BCUT2D eigenvalue weighted by atomic mass is 9.47. The largest absolute Gasteiger partial charge is 0.504 e. The van der Waals surface area contributed by atoms with Crippen LogP contribution >= 0.6 is 0 Å². The maximum atomic E-state index is 13.9. The highest BCUT2D eigenvalue weighted by Crippen LogP contribution is 2.65. The van der Waals surface area contributed by atoms with Gasteiger partial charge in [-0.1, -0.05) is 18.2 Å². The number of amides is 1. The number of ketones is 1. The van der Waals surface area contributed by atoms with E-state index in [1.165, 1.54) is 12.8 Å². The number of aromatic hydroxyl groups is 1. The molecule has 1 saturated heterocycles. The van der Waals surface area contributed by atoms with Crippen molar-refractivity contribution < 1.29 is 29.3 Å². The van der Waals surface area contributed by atoms with E-state index in [1.54, 1.807) is 13.2 Å². The van der Waals surface area contributed by atoms with Crippen LogP contribution in [0.1, 0.15) is 42.4 Å². The van der Waals surface area contributed by atoms with Gasteiger partial charge in [0.2, 0.25) is 5.91 Å². The number of hydrogen-bond donors (Lipinski definition) is 3. The van der Waals surface area contributed by atoms with E-state index in [4.69, 9.17) is 9.47 Å². The molecule has 1 spiro atoms. The van der Waals surface area contributed by atoms with Crippen molar-refractivity contribution in [3.05, 3.63) is 53.1 Å². The van der Waals surface area contributed by atoms with Gasteiger partial charge in [0.05, 0.1) is 18.1 Å². The SMILES string of the molecule is COc1ccc(CNC(=O)C2C[C@@]3(O)[C@H]4Cc5ccc(O)c6c5[C@@]3(CCN4CC3CC3)[C@@H](O6)C2=O)cc1. The number of carbonyl (C=O) groups is 2. The van der Waals surface area contributed by atoms with Gasteiger partial charge < -0.3 is 25.0 Å². The second kappa shape index (κ2) is 7.95. The lowest BCUT2D eigenvalue weighted by molar-refractivity contribution is -0.198. The van der Waals surface area contributed by atoms with E-state index in [9.17, 15) is 19.8 Å². The van der Waals surface area contributed by atoms with Gasteiger partial charge in [-0.3, -0.25) is 14.5 Å². The summed E-state index contributed by atoms with van der Waals surface area (Å²) in [5.74, 6) is -0.0632. The molecule has 5 aliphatic rings. The molecule has 8 heteroatoms. The molecule has 0 aromatic heterocycles. The van der Waals surface area contributed by atoms with Gasteiger partial charge in [0.1, 0.15) is 11.7 Å². The number of methoxy groups -OCH3 is 1. The lowest BCUT2D eigenvalue weighted by Crippen LogP contribution is -2.78. The Kier molecular flexibility index (Phi) is 4.95. The molecular weight excluding hydrogens is 472 g/mol. The van der Waals surface area contributed by atoms with Crippen molar-refractivity contribution in [3.8, 4) is 17.2 Å². The number of rotatable bonds is 6. The monoisotopic (exact) mass is 504 g/mol. The summed E-state index contributed by atoms with van der Waals surface area (Å²) in [6.45, 7) is 1.96. The first kappa shape index (κ1) is 23.0. The number of nitrogens with zero attached hydrogens (tertiary/aromatic N) is 1. The van der Waals surface area contributed by atoms with Gasteiger partial charge in [-0.15, -0.1) is 0 Å². The normalized spacial score (nSPS) is 33.5. The van der Waals surface area contributed by atoms with Crippen molar-refractivity contribution in [2.24, 2.45) is 11.8 Å². The first-order valence-electron chi connectivity index (χ1n) is 13.3. The topological polar surface area (TPSA) is 108 Å². The number of aliphatic hydroxyl groups is 1. The van der Waals surface area contributed by atoms with E-state index in [0.29, 0.717) is 24.5 Å². The molecule has 1 unspecified atom stereocenters. The Hall–Kier alpha value is -3.10. The number of nitrogens with one attached hydrogen (secondary N) is 1. The van der Waals surface area contributed by atoms with E-state index in [-0.39, 0.29) is 30.5 Å². The third kappa shape index (κ3) is 3.15. The fourth-order valence-electron chi connectivity index (χ4n) is 7.58. The molecule has 2 saturated carbocycles. The molecule has 2 aromatic carbocycles. The highest BCUT2D eigenvalue weighted by Gasteiger charge is 2.75. The third-order valence-electron chi connectivity index (χ3n) is 9.57. The molecular formula is C29H32N2O6. The zero-order valence-corrected chi connectivity index (χ0v) is 20.9. The maximum Gasteiger partial charge on any atom is 0.231 e. The fraction of sp³-hybridized carbons (Fsp3) is 0.517. The number of benzene rings is 2. The van der Waals surface area contributed by atoms with E-state index in [0.717, 1.165) is 35.5 Å². The molecule has 3 N–H and O–H groups in total. The molecule has 2 bridgehead atoms. The van der Waals surface area contributed by atoms with Gasteiger partial charge in [0, 0.05) is 24.7 Å². The van der Waals surface area contributed by atoms with Gasteiger partial charge in [-0.05, 0) is 73.9 Å². The van der Waals surface area contributed by atoms with E-state index >= 15 is 0 Å². The molecule has 0 radical (unpaired) electrons. The Morgan fingerprint density at radius 2 is 2.00 bits per heavy atom. The Bertz CT molecular complexity index is 1290. The lowest BCUT2D eigenvalue weighted by Gasteiger charge is -2.63. The van der Waals surface area contributed by atoms with Crippen LogP contribution in [0.4, 0.5) is 0 Å². The van der Waals surface area contributed by atoms with Crippen LogP contribution in [0, 0.1) is 11.8 Å². The average Bonchev–Trinajstić information content (AvgIpc) is 3.64. The van der Waals surface area contributed by atoms with Crippen LogP contribution < -0.4 is 14.8 Å². The Morgan fingerprint density at radius 3 is 2.73 bits per heavy atom. The molecule has 2 heterocycles. The molecule has 194 valence electrons. The molecule has 7 rings (SSSR count). The van der Waals surface area contributed by atoms with Crippen LogP contribution in [0.2, 0.25) is 0 Å².